The number of carbonyl (C=O) groups is 2. The lowest BCUT2D eigenvalue weighted by Gasteiger charge is -2.30. The van der Waals surface area contributed by atoms with E-state index >= 15 is 0 Å². The van der Waals surface area contributed by atoms with E-state index in [0.29, 0.717) is 44.2 Å². The number of nitrogens with zero attached hydrogens (tertiary/aromatic N) is 2. The van der Waals surface area contributed by atoms with Crippen LogP contribution in [-0.4, -0.2) is 75.4 Å². The highest BCUT2D eigenvalue weighted by Crippen LogP contribution is 2.28. The Morgan fingerprint density at radius 2 is 1.73 bits per heavy atom. The zero-order chi connectivity index (χ0) is 26.6. The summed E-state index contributed by atoms with van der Waals surface area (Å²) in [6.07, 6.45) is 6.12. The van der Waals surface area contributed by atoms with Crippen molar-refractivity contribution in [3.8, 4) is 11.5 Å². The molecule has 3 amide bonds. The summed E-state index contributed by atoms with van der Waals surface area (Å²) in [4.78, 5) is 32.5. The maximum Gasteiger partial charge on any atom is 0.318 e. The molecular formula is C28H41N3O5S. The summed E-state index contributed by atoms with van der Waals surface area (Å²) >= 11 is 1.69. The van der Waals surface area contributed by atoms with Crippen LogP contribution in [-0.2, 0) is 22.5 Å². The average molecular weight is 532 g/mol. The molecule has 0 radical (unpaired) electrons. The van der Waals surface area contributed by atoms with Crippen LogP contribution in [0.1, 0.15) is 47.4 Å². The van der Waals surface area contributed by atoms with Gasteiger partial charge in [0.25, 0.3) is 0 Å². The second-order valence-corrected chi connectivity index (χ2v) is 10.8. The van der Waals surface area contributed by atoms with Crippen molar-refractivity contribution in [1.82, 2.24) is 15.1 Å². The Morgan fingerprint density at radius 1 is 0.973 bits per heavy atom. The Hall–Kier alpha value is -2.78. The second-order valence-electron chi connectivity index (χ2n) is 9.47. The Labute approximate surface area is 224 Å². The number of thiophene rings is 1. The van der Waals surface area contributed by atoms with E-state index in [1.807, 2.05) is 23.1 Å². The number of nitrogens with one attached hydrogen (secondary N) is 1. The highest BCUT2D eigenvalue weighted by Gasteiger charge is 2.24. The predicted molar refractivity (Wildman–Crippen MR) is 147 cm³/mol. The molecule has 3 rings (SSSR count). The molecule has 204 valence electrons. The molecule has 0 spiro atoms. The first-order valence-electron chi connectivity index (χ1n) is 13.0. The van der Waals surface area contributed by atoms with Crippen LogP contribution in [0.2, 0.25) is 0 Å². The lowest BCUT2D eigenvalue weighted by Crippen LogP contribution is -2.50. The van der Waals surface area contributed by atoms with Gasteiger partial charge in [-0.15, -0.1) is 11.3 Å². The van der Waals surface area contributed by atoms with Gasteiger partial charge in [0.2, 0.25) is 5.91 Å². The third-order valence-electron chi connectivity index (χ3n) is 6.73. The molecule has 1 aliphatic carbocycles. The van der Waals surface area contributed by atoms with Crippen LogP contribution >= 0.6 is 11.3 Å². The van der Waals surface area contributed by atoms with Gasteiger partial charge in [0.05, 0.1) is 27.4 Å². The van der Waals surface area contributed by atoms with Crippen LogP contribution in [0, 0.1) is 6.92 Å². The van der Waals surface area contributed by atoms with Gasteiger partial charge in [0, 0.05) is 36.0 Å². The molecule has 0 aliphatic heterocycles. The van der Waals surface area contributed by atoms with Crippen molar-refractivity contribution >= 4 is 23.3 Å². The quantitative estimate of drug-likeness (QED) is 0.408. The number of urea groups is 1. The summed E-state index contributed by atoms with van der Waals surface area (Å²) in [5.74, 6) is 1.25. The fraction of sp³-hybridized carbons (Fsp3) is 0.571. The molecule has 0 saturated heterocycles. The SMILES string of the molecule is COCCN(CC(=O)N(CCc1ccc(OC)c(OC)c1)Cc1ccc(C)s1)C(=O)NC1CCCCC1. The van der Waals surface area contributed by atoms with Crippen LogP contribution in [0.5, 0.6) is 11.5 Å². The zero-order valence-electron chi connectivity index (χ0n) is 22.6. The smallest absolute Gasteiger partial charge is 0.318 e. The molecule has 9 heteroatoms. The molecule has 0 atom stereocenters. The van der Waals surface area contributed by atoms with Gasteiger partial charge < -0.3 is 29.3 Å². The molecule has 1 aromatic carbocycles. The number of rotatable bonds is 13. The van der Waals surface area contributed by atoms with Crippen LogP contribution in [0.15, 0.2) is 30.3 Å². The topological polar surface area (TPSA) is 80.3 Å². The van der Waals surface area contributed by atoms with Gasteiger partial charge in [-0.2, -0.15) is 0 Å². The maximum absolute atomic E-state index is 13.6. The Balaban J connectivity index is 1.71. The fourth-order valence-corrected chi connectivity index (χ4v) is 5.49. The van der Waals surface area contributed by atoms with Crippen LogP contribution in [0.4, 0.5) is 4.79 Å². The Bertz CT molecular complexity index is 1010. The van der Waals surface area contributed by atoms with Gasteiger partial charge in [-0.05, 0) is 56.0 Å². The number of aryl methyl sites for hydroxylation is 1. The number of amides is 3. The van der Waals surface area contributed by atoms with E-state index in [1.165, 1.54) is 11.3 Å². The molecule has 1 aromatic heterocycles. The van der Waals surface area contributed by atoms with Crippen molar-refractivity contribution < 1.29 is 23.8 Å². The highest BCUT2D eigenvalue weighted by molar-refractivity contribution is 7.11. The van der Waals surface area contributed by atoms with Gasteiger partial charge in [0.1, 0.15) is 6.54 Å². The number of ether oxygens (including phenoxy) is 3. The lowest BCUT2D eigenvalue weighted by molar-refractivity contribution is -0.132. The third-order valence-corrected chi connectivity index (χ3v) is 7.71. The lowest BCUT2D eigenvalue weighted by atomic mass is 9.96. The summed E-state index contributed by atoms with van der Waals surface area (Å²) in [5, 5.41) is 3.14. The highest BCUT2D eigenvalue weighted by atomic mass is 32.1. The molecule has 2 aromatic rings. The molecule has 1 N–H and O–H groups in total. The van der Waals surface area contributed by atoms with Crippen LogP contribution in [0.25, 0.3) is 0 Å². The standard InChI is InChI=1S/C28H41N3O5S/c1-21-10-12-24(37-21)19-30(15-14-22-11-13-25(35-3)26(18-22)36-4)27(32)20-31(16-17-34-2)28(33)29-23-8-6-5-7-9-23/h10-13,18,23H,5-9,14-17,19-20H2,1-4H3,(H,29,33). The average Bonchev–Trinajstić information content (AvgIpc) is 3.33. The Morgan fingerprint density at radius 3 is 2.38 bits per heavy atom. The normalized spacial score (nSPS) is 13.7. The molecule has 37 heavy (non-hydrogen) atoms. The molecular weight excluding hydrogens is 490 g/mol. The van der Waals surface area contributed by atoms with Gasteiger partial charge >= 0.3 is 6.03 Å². The number of benzene rings is 1. The van der Waals surface area contributed by atoms with Crippen molar-refractivity contribution in [2.45, 2.75) is 58.0 Å². The Kier molecular flexibility index (Phi) is 11.5. The van der Waals surface area contributed by atoms with Gasteiger partial charge in [-0.3, -0.25) is 4.79 Å². The van der Waals surface area contributed by atoms with Crippen molar-refractivity contribution in [1.29, 1.82) is 0 Å². The van der Waals surface area contributed by atoms with E-state index in [2.05, 4.69) is 24.4 Å². The molecule has 8 nitrogen and oxygen atoms in total. The van der Waals surface area contributed by atoms with E-state index in [0.717, 1.165) is 36.1 Å². The van der Waals surface area contributed by atoms with Crippen LogP contribution < -0.4 is 14.8 Å². The summed E-state index contributed by atoms with van der Waals surface area (Å²) in [6, 6.07) is 9.93. The fourth-order valence-electron chi connectivity index (χ4n) is 4.58. The predicted octanol–water partition coefficient (Wildman–Crippen LogP) is 4.64. The second kappa shape index (κ2) is 14.8. The van der Waals surface area contributed by atoms with E-state index in [9.17, 15) is 9.59 Å². The maximum atomic E-state index is 13.6. The summed E-state index contributed by atoms with van der Waals surface area (Å²) < 4.78 is 16.0. The molecule has 0 bridgehead atoms. The number of carbonyl (C=O) groups excluding carboxylic acids is 2. The van der Waals surface area contributed by atoms with Crippen molar-refractivity contribution in [2.24, 2.45) is 0 Å². The first-order chi connectivity index (χ1) is 17.9. The summed E-state index contributed by atoms with van der Waals surface area (Å²) in [5.41, 5.74) is 1.05. The summed E-state index contributed by atoms with van der Waals surface area (Å²) in [6.45, 7) is 3.84. The minimum Gasteiger partial charge on any atom is -0.493 e. The zero-order valence-corrected chi connectivity index (χ0v) is 23.4. The van der Waals surface area contributed by atoms with E-state index in [-0.39, 0.29) is 24.5 Å². The van der Waals surface area contributed by atoms with Crippen molar-refractivity contribution in [3.05, 3.63) is 45.6 Å². The third kappa shape index (κ3) is 8.93. The molecule has 1 aliphatic rings. The van der Waals surface area contributed by atoms with Crippen LogP contribution in [0.3, 0.4) is 0 Å². The first-order valence-corrected chi connectivity index (χ1v) is 13.8. The minimum atomic E-state index is -0.191. The minimum absolute atomic E-state index is 0.0121. The number of methoxy groups -OCH3 is 3. The largest absolute Gasteiger partial charge is 0.493 e. The van der Waals surface area contributed by atoms with Crippen molar-refractivity contribution in [2.75, 3.05) is 47.6 Å². The van der Waals surface area contributed by atoms with Gasteiger partial charge in [-0.25, -0.2) is 4.79 Å². The van der Waals surface area contributed by atoms with E-state index in [1.54, 1.807) is 37.6 Å². The van der Waals surface area contributed by atoms with E-state index < -0.39 is 0 Å². The molecule has 0 unspecified atom stereocenters. The number of hydrogen-bond acceptors (Lipinski definition) is 6. The van der Waals surface area contributed by atoms with Gasteiger partial charge in [-0.1, -0.05) is 25.3 Å². The van der Waals surface area contributed by atoms with E-state index in [4.69, 9.17) is 14.2 Å². The molecule has 1 heterocycles. The molecule has 1 saturated carbocycles. The first kappa shape index (κ1) is 28.8. The number of hydrogen-bond donors (Lipinski definition) is 1. The van der Waals surface area contributed by atoms with Gasteiger partial charge in [0.15, 0.2) is 11.5 Å². The van der Waals surface area contributed by atoms with Crippen molar-refractivity contribution in [3.63, 3.8) is 0 Å². The monoisotopic (exact) mass is 531 g/mol. The molecule has 1 fully saturated rings. The summed E-state index contributed by atoms with van der Waals surface area (Å²) in [7, 11) is 4.83.